The van der Waals surface area contributed by atoms with Gasteiger partial charge < -0.3 is 10.6 Å². The van der Waals surface area contributed by atoms with Crippen LogP contribution in [0.5, 0.6) is 0 Å². The van der Waals surface area contributed by atoms with Gasteiger partial charge in [0, 0.05) is 24.0 Å². The lowest BCUT2D eigenvalue weighted by Crippen LogP contribution is -2.24. The zero-order valence-corrected chi connectivity index (χ0v) is 14.7. The highest BCUT2D eigenvalue weighted by atomic mass is 19.1. The minimum Gasteiger partial charge on any atom is -0.347 e. The largest absolute Gasteiger partial charge is 0.347 e. The lowest BCUT2D eigenvalue weighted by molar-refractivity contribution is 0.0946. The molecule has 0 saturated carbocycles. The number of rotatable bonds is 5. The first-order chi connectivity index (χ1) is 13.0. The second-order valence-corrected chi connectivity index (χ2v) is 6.00. The Bertz CT molecular complexity index is 971. The van der Waals surface area contributed by atoms with Gasteiger partial charge in [0.25, 0.3) is 11.8 Å². The number of hydrogen-bond acceptors (Lipinski definition) is 3. The molecule has 2 aromatic carbocycles. The Morgan fingerprint density at radius 1 is 1.00 bits per heavy atom. The molecule has 0 fully saturated rings. The third kappa shape index (κ3) is 4.76. The molecule has 1 heterocycles. The van der Waals surface area contributed by atoms with Crippen LogP contribution in [0, 0.1) is 12.7 Å². The fraction of sp³-hybridized carbons (Fsp3) is 0.0952. The van der Waals surface area contributed by atoms with E-state index in [1.807, 2.05) is 31.2 Å². The Kier molecular flexibility index (Phi) is 5.56. The van der Waals surface area contributed by atoms with E-state index in [9.17, 15) is 14.0 Å². The molecule has 5 nitrogen and oxygen atoms in total. The molecule has 1 aromatic heterocycles. The average Bonchev–Trinajstić information content (AvgIpc) is 2.69. The average molecular weight is 363 g/mol. The quantitative estimate of drug-likeness (QED) is 0.726. The molecule has 3 rings (SSSR count). The van der Waals surface area contributed by atoms with E-state index in [1.54, 1.807) is 0 Å². The van der Waals surface area contributed by atoms with Gasteiger partial charge in [0.15, 0.2) is 0 Å². The molecule has 0 radical (unpaired) electrons. The van der Waals surface area contributed by atoms with E-state index in [0.717, 1.165) is 11.1 Å². The van der Waals surface area contributed by atoms with Gasteiger partial charge in [-0.25, -0.2) is 4.39 Å². The number of halogens is 1. The van der Waals surface area contributed by atoms with Crippen LogP contribution in [-0.4, -0.2) is 16.8 Å². The number of benzene rings is 2. The van der Waals surface area contributed by atoms with Crippen LogP contribution in [0.1, 0.15) is 32.0 Å². The van der Waals surface area contributed by atoms with E-state index in [-0.39, 0.29) is 23.0 Å². The Morgan fingerprint density at radius 3 is 2.48 bits per heavy atom. The zero-order valence-electron chi connectivity index (χ0n) is 14.7. The standard InChI is InChI=1S/C21H18FN3O2/c1-14-4-2-3-5-16(14)13-24-21(27)19-12-15(10-11-23-19)20(26)25-18-8-6-17(22)7-9-18/h2-12H,13H2,1H3,(H,24,27)(H,25,26). The van der Waals surface area contributed by atoms with Crippen LogP contribution in [0.15, 0.2) is 66.9 Å². The third-order valence-electron chi connectivity index (χ3n) is 4.06. The van der Waals surface area contributed by atoms with E-state index in [4.69, 9.17) is 0 Å². The first-order valence-electron chi connectivity index (χ1n) is 8.38. The van der Waals surface area contributed by atoms with Gasteiger partial charge in [-0.3, -0.25) is 14.6 Å². The molecule has 0 aliphatic rings. The van der Waals surface area contributed by atoms with Gasteiger partial charge in [0.1, 0.15) is 11.5 Å². The normalized spacial score (nSPS) is 10.3. The molecular weight excluding hydrogens is 345 g/mol. The number of aromatic nitrogens is 1. The summed E-state index contributed by atoms with van der Waals surface area (Å²) in [5.41, 5.74) is 2.99. The van der Waals surface area contributed by atoms with Crippen molar-refractivity contribution in [1.29, 1.82) is 0 Å². The molecule has 0 saturated heterocycles. The number of carbonyl (C=O) groups is 2. The molecule has 0 spiro atoms. The van der Waals surface area contributed by atoms with E-state index in [0.29, 0.717) is 12.2 Å². The van der Waals surface area contributed by atoms with Gasteiger partial charge in [0.2, 0.25) is 0 Å². The molecule has 27 heavy (non-hydrogen) atoms. The molecule has 0 atom stereocenters. The monoisotopic (exact) mass is 363 g/mol. The van der Waals surface area contributed by atoms with Crippen molar-refractivity contribution in [3.8, 4) is 0 Å². The molecule has 3 aromatic rings. The summed E-state index contributed by atoms with van der Waals surface area (Å²) in [6.07, 6.45) is 1.41. The van der Waals surface area contributed by atoms with Gasteiger partial charge in [0.05, 0.1) is 0 Å². The molecule has 0 aliphatic carbocycles. The van der Waals surface area contributed by atoms with E-state index in [1.165, 1.54) is 42.6 Å². The molecular formula is C21H18FN3O2. The zero-order chi connectivity index (χ0) is 19.2. The number of nitrogens with one attached hydrogen (secondary N) is 2. The molecule has 136 valence electrons. The number of carbonyl (C=O) groups excluding carboxylic acids is 2. The van der Waals surface area contributed by atoms with Crippen molar-refractivity contribution in [1.82, 2.24) is 10.3 Å². The predicted molar refractivity (Wildman–Crippen MR) is 101 cm³/mol. The number of pyridine rings is 1. The second-order valence-electron chi connectivity index (χ2n) is 6.00. The number of anilines is 1. The van der Waals surface area contributed by atoms with Crippen LogP contribution < -0.4 is 10.6 Å². The first-order valence-corrected chi connectivity index (χ1v) is 8.38. The van der Waals surface area contributed by atoms with Gasteiger partial charge in [-0.1, -0.05) is 24.3 Å². The van der Waals surface area contributed by atoms with Crippen molar-refractivity contribution < 1.29 is 14.0 Å². The minimum absolute atomic E-state index is 0.148. The van der Waals surface area contributed by atoms with Crippen LogP contribution in [0.3, 0.4) is 0 Å². The topological polar surface area (TPSA) is 71.1 Å². The molecule has 0 bridgehead atoms. The summed E-state index contributed by atoms with van der Waals surface area (Å²) < 4.78 is 12.9. The van der Waals surface area contributed by atoms with Crippen LogP contribution in [0.4, 0.5) is 10.1 Å². The minimum atomic E-state index is -0.406. The Morgan fingerprint density at radius 2 is 1.74 bits per heavy atom. The molecule has 2 N–H and O–H groups in total. The van der Waals surface area contributed by atoms with Crippen molar-refractivity contribution in [3.05, 3.63) is 95.1 Å². The Balaban J connectivity index is 1.67. The van der Waals surface area contributed by atoms with Crippen LogP contribution in [-0.2, 0) is 6.54 Å². The van der Waals surface area contributed by atoms with Gasteiger partial charge in [-0.05, 0) is 54.4 Å². The number of aryl methyl sites for hydroxylation is 1. The second kappa shape index (κ2) is 8.23. The lowest BCUT2D eigenvalue weighted by Gasteiger charge is -2.09. The maximum atomic E-state index is 12.9. The van der Waals surface area contributed by atoms with Crippen molar-refractivity contribution >= 4 is 17.5 Å². The lowest BCUT2D eigenvalue weighted by atomic mass is 10.1. The summed E-state index contributed by atoms with van der Waals surface area (Å²) in [6.45, 7) is 2.35. The van der Waals surface area contributed by atoms with Crippen LogP contribution >= 0.6 is 0 Å². The molecule has 0 unspecified atom stereocenters. The predicted octanol–water partition coefficient (Wildman–Crippen LogP) is 3.71. The van der Waals surface area contributed by atoms with Gasteiger partial charge in [-0.15, -0.1) is 0 Å². The van der Waals surface area contributed by atoms with Crippen molar-refractivity contribution in [2.24, 2.45) is 0 Å². The smallest absolute Gasteiger partial charge is 0.270 e. The summed E-state index contributed by atoms with van der Waals surface area (Å²) in [7, 11) is 0. The Labute approximate surface area is 156 Å². The fourth-order valence-corrected chi connectivity index (χ4v) is 2.51. The van der Waals surface area contributed by atoms with Crippen LogP contribution in [0.2, 0.25) is 0 Å². The SMILES string of the molecule is Cc1ccccc1CNC(=O)c1cc(C(=O)Nc2ccc(F)cc2)ccn1. The summed E-state index contributed by atoms with van der Waals surface area (Å²) in [4.78, 5) is 28.7. The number of amides is 2. The van der Waals surface area contributed by atoms with Crippen molar-refractivity contribution in [3.63, 3.8) is 0 Å². The summed E-state index contributed by atoms with van der Waals surface area (Å²) in [5, 5.41) is 5.46. The Hall–Kier alpha value is -3.54. The van der Waals surface area contributed by atoms with Gasteiger partial charge >= 0.3 is 0 Å². The maximum Gasteiger partial charge on any atom is 0.270 e. The van der Waals surface area contributed by atoms with E-state index >= 15 is 0 Å². The first kappa shape index (κ1) is 18.3. The highest BCUT2D eigenvalue weighted by Crippen LogP contribution is 2.11. The maximum absolute atomic E-state index is 12.9. The fourth-order valence-electron chi connectivity index (χ4n) is 2.51. The number of hydrogen-bond donors (Lipinski definition) is 2. The van der Waals surface area contributed by atoms with Gasteiger partial charge in [-0.2, -0.15) is 0 Å². The van der Waals surface area contributed by atoms with E-state index in [2.05, 4.69) is 15.6 Å². The summed E-state index contributed by atoms with van der Waals surface area (Å²) in [6, 6.07) is 16.1. The van der Waals surface area contributed by atoms with Crippen LogP contribution in [0.25, 0.3) is 0 Å². The summed E-state index contributed by atoms with van der Waals surface area (Å²) in [5.74, 6) is -1.16. The van der Waals surface area contributed by atoms with Crippen molar-refractivity contribution in [2.45, 2.75) is 13.5 Å². The van der Waals surface area contributed by atoms with E-state index < -0.39 is 5.91 Å². The molecule has 2 amide bonds. The van der Waals surface area contributed by atoms with Crippen molar-refractivity contribution in [2.75, 3.05) is 5.32 Å². The third-order valence-corrected chi connectivity index (χ3v) is 4.06. The number of nitrogens with zero attached hydrogens (tertiary/aromatic N) is 1. The molecule has 0 aliphatic heterocycles. The summed E-state index contributed by atoms with van der Waals surface area (Å²) >= 11 is 0. The molecule has 6 heteroatoms. The highest BCUT2D eigenvalue weighted by molar-refractivity contribution is 6.05. The highest BCUT2D eigenvalue weighted by Gasteiger charge is 2.12.